The minimum Gasteiger partial charge on any atom is -0.330 e. The van der Waals surface area contributed by atoms with Crippen molar-refractivity contribution >= 4 is 5.78 Å². The number of Topliss-reactive ketones (excluding diaryl/α,β-unsaturated/α-hetero) is 1. The Bertz CT molecular complexity index is 461. The molecule has 0 spiro atoms. The number of carbonyl (C=O) groups is 1. The van der Waals surface area contributed by atoms with Crippen LogP contribution in [-0.2, 0) is 11.2 Å². The molecule has 0 radical (unpaired) electrons. The lowest BCUT2D eigenvalue weighted by molar-refractivity contribution is -0.124. The summed E-state index contributed by atoms with van der Waals surface area (Å²) in [5.41, 5.74) is 5.84. The first-order valence-electron chi connectivity index (χ1n) is 6.78. The van der Waals surface area contributed by atoms with Gasteiger partial charge in [0.2, 0.25) is 0 Å². The molecule has 1 aliphatic carbocycles. The average Bonchev–Trinajstić information content (AvgIpc) is 2.42. The normalized spacial score (nSPS) is 23.3. The van der Waals surface area contributed by atoms with Crippen LogP contribution in [0.2, 0.25) is 0 Å². The van der Waals surface area contributed by atoms with Crippen LogP contribution >= 0.6 is 0 Å². The van der Waals surface area contributed by atoms with Gasteiger partial charge in [0, 0.05) is 12.3 Å². The van der Waals surface area contributed by atoms with Gasteiger partial charge in [-0.3, -0.25) is 4.79 Å². The van der Waals surface area contributed by atoms with Crippen molar-refractivity contribution in [2.45, 2.75) is 32.1 Å². The summed E-state index contributed by atoms with van der Waals surface area (Å²) in [6, 6.07) is 3.24. The average molecular weight is 267 g/mol. The van der Waals surface area contributed by atoms with Crippen molar-refractivity contribution in [2.24, 2.45) is 17.6 Å². The summed E-state index contributed by atoms with van der Waals surface area (Å²) in [6.45, 7) is 0.488. The summed E-state index contributed by atoms with van der Waals surface area (Å²) in [4.78, 5) is 12.3. The second-order valence-corrected chi connectivity index (χ2v) is 5.27. The molecule has 0 amide bonds. The van der Waals surface area contributed by atoms with Crippen molar-refractivity contribution in [3.05, 3.63) is 35.4 Å². The Balaban J connectivity index is 2.09. The third-order valence-corrected chi connectivity index (χ3v) is 4.00. The van der Waals surface area contributed by atoms with Gasteiger partial charge in [0.05, 0.1) is 0 Å². The lowest BCUT2D eigenvalue weighted by Crippen LogP contribution is -2.33. The number of nitrogens with two attached hydrogens (primary N) is 1. The van der Waals surface area contributed by atoms with Gasteiger partial charge in [0.15, 0.2) is 0 Å². The van der Waals surface area contributed by atoms with E-state index in [1.54, 1.807) is 0 Å². The predicted octanol–water partition coefficient (Wildman–Crippen LogP) is 2.84. The summed E-state index contributed by atoms with van der Waals surface area (Å²) in [7, 11) is 0. The van der Waals surface area contributed by atoms with E-state index in [1.807, 2.05) is 0 Å². The highest BCUT2D eigenvalue weighted by Crippen LogP contribution is 2.31. The van der Waals surface area contributed by atoms with Crippen molar-refractivity contribution in [3.63, 3.8) is 0 Å². The Morgan fingerprint density at radius 2 is 2.00 bits per heavy atom. The van der Waals surface area contributed by atoms with E-state index in [9.17, 15) is 13.6 Å². The van der Waals surface area contributed by atoms with Crippen LogP contribution in [0.3, 0.4) is 0 Å². The third kappa shape index (κ3) is 3.38. The molecule has 0 aliphatic heterocycles. The molecule has 0 bridgehead atoms. The zero-order chi connectivity index (χ0) is 13.8. The van der Waals surface area contributed by atoms with E-state index >= 15 is 0 Å². The summed E-state index contributed by atoms with van der Waals surface area (Å²) in [6.07, 6.45) is 3.85. The van der Waals surface area contributed by atoms with Crippen LogP contribution in [0.5, 0.6) is 0 Å². The molecular formula is C15H19F2NO. The molecule has 2 nitrogen and oxygen atoms in total. The standard InChI is InChI=1S/C15H19F2NO/c16-12-5-6-14(17)11(7-12)8-15(19)13-4-2-1-3-10(13)9-18/h5-7,10,13H,1-4,8-9,18H2. The monoisotopic (exact) mass is 267 g/mol. The molecule has 2 rings (SSSR count). The Labute approximate surface area is 112 Å². The van der Waals surface area contributed by atoms with Crippen LogP contribution in [0.25, 0.3) is 0 Å². The first-order chi connectivity index (χ1) is 9.11. The molecule has 2 unspecified atom stereocenters. The van der Waals surface area contributed by atoms with E-state index in [1.165, 1.54) is 0 Å². The summed E-state index contributed by atoms with van der Waals surface area (Å²) >= 11 is 0. The summed E-state index contributed by atoms with van der Waals surface area (Å²) < 4.78 is 26.6. The Morgan fingerprint density at radius 1 is 1.26 bits per heavy atom. The van der Waals surface area contributed by atoms with Gasteiger partial charge >= 0.3 is 0 Å². The first-order valence-corrected chi connectivity index (χ1v) is 6.78. The number of ketones is 1. The van der Waals surface area contributed by atoms with E-state index in [0.29, 0.717) is 6.54 Å². The third-order valence-electron chi connectivity index (χ3n) is 4.00. The molecule has 2 atom stereocenters. The number of hydrogen-bond donors (Lipinski definition) is 1. The van der Waals surface area contributed by atoms with E-state index in [4.69, 9.17) is 5.73 Å². The molecule has 0 saturated heterocycles. The minimum absolute atomic E-state index is 0.0142. The first kappa shape index (κ1) is 14.1. The topological polar surface area (TPSA) is 43.1 Å². The molecule has 1 saturated carbocycles. The number of halogens is 2. The van der Waals surface area contributed by atoms with E-state index in [2.05, 4.69) is 0 Å². The largest absolute Gasteiger partial charge is 0.330 e. The molecule has 1 aromatic carbocycles. The number of benzene rings is 1. The van der Waals surface area contributed by atoms with Crippen molar-refractivity contribution in [1.82, 2.24) is 0 Å². The fourth-order valence-corrected chi connectivity index (χ4v) is 2.91. The molecule has 4 heteroatoms. The SMILES string of the molecule is NCC1CCCCC1C(=O)Cc1cc(F)ccc1F. The van der Waals surface area contributed by atoms with Gasteiger partial charge in [-0.25, -0.2) is 8.78 Å². The highest BCUT2D eigenvalue weighted by molar-refractivity contribution is 5.83. The highest BCUT2D eigenvalue weighted by atomic mass is 19.1. The van der Waals surface area contributed by atoms with Gasteiger partial charge in [-0.15, -0.1) is 0 Å². The molecule has 0 aromatic heterocycles. The molecule has 2 N–H and O–H groups in total. The van der Waals surface area contributed by atoms with Crippen LogP contribution in [0, 0.1) is 23.5 Å². The van der Waals surface area contributed by atoms with Crippen LogP contribution in [0.15, 0.2) is 18.2 Å². The van der Waals surface area contributed by atoms with E-state index < -0.39 is 11.6 Å². The fourth-order valence-electron chi connectivity index (χ4n) is 2.91. The zero-order valence-electron chi connectivity index (χ0n) is 10.9. The molecule has 19 heavy (non-hydrogen) atoms. The Morgan fingerprint density at radius 3 is 2.74 bits per heavy atom. The number of carbonyl (C=O) groups excluding carboxylic acids is 1. The zero-order valence-corrected chi connectivity index (χ0v) is 10.9. The number of hydrogen-bond acceptors (Lipinski definition) is 2. The van der Waals surface area contributed by atoms with Crippen LogP contribution in [0.4, 0.5) is 8.78 Å². The van der Waals surface area contributed by atoms with Crippen molar-refractivity contribution in [3.8, 4) is 0 Å². The second kappa shape index (κ2) is 6.24. The molecule has 1 aromatic rings. The molecule has 104 valence electrons. The molecule has 0 heterocycles. The number of rotatable bonds is 4. The highest BCUT2D eigenvalue weighted by Gasteiger charge is 2.30. The van der Waals surface area contributed by atoms with Crippen molar-refractivity contribution < 1.29 is 13.6 Å². The van der Waals surface area contributed by atoms with Gasteiger partial charge < -0.3 is 5.73 Å². The van der Waals surface area contributed by atoms with Crippen LogP contribution < -0.4 is 5.73 Å². The Kier molecular flexibility index (Phi) is 4.64. The molecule has 1 fully saturated rings. The second-order valence-electron chi connectivity index (χ2n) is 5.27. The lowest BCUT2D eigenvalue weighted by atomic mass is 9.76. The van der Waals surface area contributed by atoms with Gasteiger partial charge in [0.1, 0.15) is 17.4 Å². The van der Waals surface area contributed by atoms with Gasteiger partial charge in [0.25, 0.3) is 0 Å². The van der Waals surface area contributed by atoms with Gasteiger partial charge in [-0.1, -0.05) is 12.8 Å². The quantitative estimate of drug-likeness (QED) is 0.911. The maximum absolute atomic E-state index is 13.5. The summed E-state index contributed by atoms with van der Waals surface area (Å²) in [5, 5.41) is 0. The van der Waals surface area contributed by atoms with E-state index in [-0.39, 0.29) is 29.6 Å². The lowest BCUT2D eigenvalue weighted by Gasteiger charge is -2.29. The van der Waals surface area contributed by atoms with Gasteiger partial charge in [-0.2, -0.15) is 0 Å². The predicted molar refractivity (Wildman–Crippen MR) is 69.6 cm³/mol. The van der Waals surface area contributed by atoms with Crippen molar-refractivity contribution in [1.29, 1.82) is 0 Å². The minimum atomic E-state index is -0.519. The summed E-state index contributed by atoms with van der Waals surface area (Å²) in [5.74, 6) is -0.947. The molecular weight excluding hydrogens is 248 g/mol. The van der Waals surface area contributed by atoms with Crippen molar-refractivity contribution in [2.75, 3.05) is 6.54 Å². The van der Waals surface area contributed by atoms with Crippen LogP contribution in [-0.4, -0.2) is 12.3 Å². The smallest absolute Gasteiger partial charge is 0.140 e. The maximum Gasteiger partial charge on any atom is 0.140 e. The van der Waals surface area contributed by atoms with E-state index in [0.717, 1.165) is 43.9 Å². The maximum atomic E-state index is 13.5. The van der Waals surface area contributed by atoms with Gasteiger partial charge in [-0.05, 0) is 49.1 Å². The van der Waals surface area contributed by atoms with Crippen LogP contribution in [0.1, 0.15) is 31.2 Å². The molecule has 1 aliphatic rings. The fraction of sp³-hybridized carbons (Fsp3) is 0.533. The Hall–Kier alpha value is -1.29.